The molecule has 0 unspecified atom stereocenters. The minimum absolute atomic E-state index is 0.890. The smallest absolute Gasteiger partial charge is 0.0696 e. The standard InChI is InChI=1S/C18H21N/c1-4-7-9-12-16(6-3)18(19-15-5-2)17-13-10-8-11-14-17/h4-5,7-11,13-15H,1-2,6,12H2,3H3/b9-7-,18-16+,19-15-. The predicted molar refractivity (Wildman–Crippen MR) is 86.3 cm³/mol. The maximum atomic E-state index is 4.54. The van der Waals surface area contributed by atoms with Gasteiger partial charge < -0.3 is 0 Å². The highest BCUT2D eigenvalue weighted by Crippen LogP contribution is 2.24. The lowest BCUT2D eigenvalue weighted by atomic mass is 10.0. The molecule has 0 heterocycles. The Morgan fingerprint density at radius 1 is 1.16 bits per heavy atom. The summed E-state index contributed by atoms with van der Waals surface area (Å²) in [7, 11) is 0. The monoisotopic (exact) mass is 251 g/mol. The summed E-state index contributed by atoms with van der Waals surface area (Å²) in [6, 6.07) is 10.3. The molecule has 98 valence electrons. The minimum Gasteiger partial charge on any atom is -0.256 e. The molecule has 1 rings (SSSR count). The third-order valence-corrected chi connectivity index (χ3v) is 2.75. The van der Waals surface area contributed by atoms with Gasteiger partial charge in [0.2, 0.25) is 0 Å². The van der Waals surface area contributed by atoms with E-state index < -0.39 is 0 Å². The van der Waals surface area contributed by atoms with E-state index in [1.807, 2.05) is 24.3 Å². The maximum absolute atomic E-state index is 4.54. The van der Waals surface area contributed by atoms with Gasteiger partial charge in [-0.2, -0.15) is 0 Å². The van der Waals surface area contributed by atoms with Crippen molar-refractivity contribution in [2.75, 3.05) is 0 Å². The maximum Gasteiger partial charge on any atom is 0.0696 e. The molecule has 0 aliphatic rings. The number of nitrogens with zero attached hydrogens (tertiary/aromatic N) is 1. The quantitative estimate of drug-likeness (QED) is 0.466. The van der Waals surface area contributed by atoms with Crippen LogP contribution in [0.1, 0.15) is 25.3 Å². The first-order valence-corrected chi connectivity index (χ1v) is 6.53. The van der Waals surface area contributed by atoms with Gasteiger partial charge in [0.1, 0.15) is 0 Å². The minimum atomic E-state index is 0.890. The Morgan fingerprint density at radius 2 is 1.89 bits per heavy atom. The van der Waals surface area contributed by atoms with E-state index in [9.17, 15) is 0 Å². The summed E-state index contributed by atoms with van der Waals surface area (Å²) < 4.78 is 0. The Bertz CT molecular complexity index is 490. The first-order valence-electron chi connectivity index (χ1n) is 6.53. The topological polar surface area (TPSA) is 12.4 Å². The van der Waals surface area contributed by atoms with Gasteiger partial charge in [-0.25, -0.2) is 0 Å². The zero-order chi connectivity index (χ0) is 13.9. The lowest BCUT2D eigenvalue weighted by Crippen LogP contribution is -1.89. The van der Waals surface area contributed by atoms with E-state index in [0.717, 1.165) is 24.1 Å². The van der Waals surface area contributed by atoms with Gasteiger partial charge in [0.25, 0.3) is 0 Å². The van der Waals surface area contributed by atoms with Gasteiger partial charge in [0, 0.05) is 11.8 Å². The lowest BCUT2D eigenvalue weighted by molar-refractivity contribution is 1.03. The fraction of sp³-hybridized carbons (Fsp3) is 0.167. The zero-order valence-electron chi connectivity index (χ0n) is 11.5. The van der Waals surface area contributed by atoms with Gasteiger partial charge in [-0.15, -0.1) is 0 Å². The molecule has 0 saturated heterocycles. The molecule has 0 amide bonds. The third kappa shape index (κ3) is 4.92. The van der Waals surface area contributed by atoms with Gasteiger partial charge in [-0.3, -0.25) is 4.99 Å². The van der Waals surface area contributed by atoms with Crippen LogP contribution in [0.4, 0.5) is 0 Å². The molecule has 0 aromatic heterocycles. The van der Waals surface area contributed by atoms with Crippen molar-refractivity contribution in [3.63, 3.8) is 0 Å². The predicted octanol–water partition coefficient (Wildman–Crippen LogP) is 5.20. The van der Waals surface area contributed by atoms with E-state index in [0.29, 0.717) is 0 Å². The summed E-state index contributed by atoms with van der Waals surface area (Å²) >= 11 is 0. The second-order valence-corrected chi connectivity index (χ2v) is 4.05. The largest absolute Gasteiger partial charge is 0.256 e. The van der Waals surface area contributed by atoms with E-state index in [1.54, 1.807) is 18.4 Å². The fourth-order valence-electron chi connectivity index (χ4n) is 1.81. The Hall–Kier alpha value is -2.15. The Kier molecular flexibility index (Phi) is 6.96. The average Bonchev–Trinajstić information content (AvgIpc) is 2.47. The SMILES string of the molecule is C=C/C=C\C/C(CC)=C(/N=C\C=C)c1ccccc1. The first kappa shape index (κ1) is 14.9. The van der Waals surface area contributed by atoms with Crippen LogP contribution < -0.4 is 0 Å². The number of hydrogen-bond acceptors (Lipinski definition) is 1. The van der Waals surface area contributed by atoms with Crippen LogP contribution in [-0.2, 0) is 0 Å². The molecule has 0 fully saturated rings. The van der Waals surface area contributed by atoms with E-state index in [1.165, 1.54) is 5.57 Å². The molecule has 19 heavy (non-hydrogen) atoms. The van der Waals surface area contributed by atoms with Gasteiger partial charge >= 0.3 is 0 Å². The molecular weight excluding hydrogens is 230 g/mol. The fourth-order valence-corrected chi connectivity index (χ4v) is 1.81. The molecule has 1 aromatic rings. The van der Waals surface area contributed by atoms with Crippen molar-refractivity contribution in [2.45, 2.75) is 19.8 Å². The number of rotatable bonds is 7. The summed E-state index contributed by atoms with van der Waals surface area (Å²) in [5, 5.41) is 0. The molecule has 0 saturated carbocycles. The molecule has 0 bridgehead atoms. The highest BCUT2D eigenvalue weighted by atomic mass is 14.7. The van der Waals surface area contributed by atoms with Crippen LogP contribution in [0.3, 0.4) is 0 Å². The number of allylic oxidation sites excluding steroid dienone is 5. The molecule has 0 atom stereocenters. The normalized spacial score (nSPS) is 12.7. The first-order chi connectivity index (χ1) is 9.33. The van der Waals surface area contributed by atoms with E-state index in [2.05, 4.69) is 43.3 Å². The zero-order valence-corrected chi connectivity index (χ0v) is 11.5. The van der Waals surface area contributed by atoms with Crippen LogP contribution in [-0.4, -0.2) is 6.21 Å². The van der Waals surface area contributed by atoms with E-state index >= 15 is 0 Å². The summed E-state index contributed by atoms with van der Waals surface area (Å²) in [6.07, 6.45) is 11.2. The van der Waals surface area contributed by atoms with E-state index in [-0.39, 0.29) is 0 Å². The second kappa shape index (κ2) is 8.87. The van der Waals surface area contributed by atoms with Crippen molar-refractivity contribution < 1.29 is 0 Å². The van der Waals surface area contributed by atoms with Crippen molar-refractivity contribution >= 4 is 11.9 Å². The summed E-state index contributed by atoms with van der Waals surface area (Å²) in [5.74, 6) is 0. The molecule has 1 heteroatoms. The number of benzene rings is 1. The molecular formula is C18H21N. The van der Waals surface area contributed by atoms with Crippen LogP contribution in [0.2, 0.25) is 0 Å². The van der Waals surface area contributed by atoms with Crippen molar-refractivity contribution in [3.05, 3.63) is 78.9 Å². The Morgan fingerprint density at radius 3 is 2.47 bits per heavy atom. The van der Waals surface area contributed by atoms with Crippen LogP contribution in [0.15, 0.2) is 78.4 Å². The van der Waals surface area contributed by atoms with Crippen molar-refractivity contribution in [2.24, 2.45) is 4.99 Å². The second-order valence-electron chi connectivity index (χ2n) is 4.05. The lowest BCUT2D eigenvalue weighted by Gasteiger charge is -2.09. The summed E-state index contributed by atoms with van der Waals surface area (Å²) in [5.41, 5.74) is 3.49. The van der Waals surface area contributed by atoms with Gasteiger partial charge in [0.05, 0.1) is 5.70 Å². The molecule has 1 nitrogen and oxygen atoms in total. The molecule has 0 spiro atoms. The van der Waals surface area contributed by atoms with Crippen molar-refractivity contribution in [3.8, 4) is 0 Å². The molecule has 0 radical (unpaired) electrons. The van der Waals surface area contributed by atoms with Crippen LogP contribution in [0.25, 0.3) is 5.70 Å². The molecule has 0 N–H and O–H groups in total. The molecule has 0 aliphatic carbocycles. The Balaban J connectivity index is 3.18. The van der Waals surface area contributed by atoms with Gasteiger partial charge in [-0.1, -0.05) is 74.7 Å². The van der Waals surface area contributed by atoms with Crippen molar-refractivity contribution in [1.29, 1.82) is 0 Å². The van der Waals surface area contributed by atoms with Crippen LogP contribution in [0.5, 0.6) is 0 Å². The average molecular weight is 251 g/mol. The number of hydrogen-bond donors (Lipinski definition) is 0. The number of aliphatic imine (C=N–C) groups is 1. The van der Waals surface area contributed by atoms with Gasteiger partial charge in [-0.05, 0) is 18.4 Å². The summed E-state index contributed by atoms with van der Waals surface area (Å²) in [6.45, 7) is 9.53. The summed E-state index contributed by atoms with van der Waals surface area (Å²) in [4.78, 5) is 4.54. The third-order valence-electron chi connectivity index (χ3n) is 2.75. The molecule has 1 aromatic carbocycles. The Labute approximate surface area is 116 Å². The molecule has 0 aliphatic heterocycles. The van der Waals surface area contributed by atoms with Gasteiger partial charge in [0.15, 0.2) is 0 Å². The highest BCUT2D eigenvalue weighted by molar-refractivity contribution is 5.80. The van der Waals surface area contributed by atoms with Crippen LogP contribution >= 0.6 is 0 Å². The van der Waals surface area contributed by atoms with Crippen LogP contribution in [0, 0.1) is 0 Å². The highest BCUT2D eigenvalue weighted by Gasteiger charge is 2.05. The van der Waals surface area contributed by atoms with Crippen molar-refractivity contribution in [1.82, 2.24) is 0 Å². The van der Waals surface area contributed by atoms with E-state index in [4.69, 9.17) is 0 Å².